The first-order chi connectivity index (χ1) is 13.8. The second-order valence-electron chi connectivity index (χ2n) is 7.68. The molecule has 1 saturated heterocycles. The summed E-state index contributed by atoms with van der Waals surface area (Å²) in [5, 5.41) is 16.9. The third-order valence-electron chi connectivity index (χ3n) is 5.23. The lowest BCUT2D eigenvalue weighted by Gasteiger charge is -2.16. The maximum Gasteiger partial charge on any atom is 0.234 e. The Labute approximate surface area is 172 Å². The Hall–Kier alpha value is -2.71. The molecule has 1 fully saturated rings. The molecule has 1 aromatic carbocycles. The third kappa shape index (κ3) is 3.77. The van der Waals surface area contributed by atoms with Crippen molar-refractivity contribution in [3.05, 3.63) is 34.8 Å². The minimum Gasteiger partial charge on any atom is -0.508 e. The predicted octanol–water partition coefficient (Wildman–Crippen LogP) is 3.09. The average Bonchev–Trinajstić information content (AvgIpc) is 3.34. The quantitative estimate of drug-likeness (QED) is 0.594. The highest BCUT2D eigenvalue weighted by molar-refractivity contribution is 7.13. The van der Waals surface area contributed by atoms with Gasteiger partial charge in [-0.25, -0.2) is 9.97 Å². The van der Waals surface area contributed by atoms with Crippen LogP contribution in [0.15, 0.2) is 23.6 Å². The molecule has 2 aromatic heterocycles. The zero-order valence-electron chi connectivity index (χ0n) is 16.6. The zero-order valence-corrected chi connectivity index (χ0v) is 17.4. The standard InChI is InChI=1S/C21H24N4O3S/c1-10(2)16-9-29-21(25-16)15-7-18(28-12-6-14(20(22)27)23-8-12)13-4-5-17(26)11(3)19(13)24-15/h4-5,7,9-10,12,14,23,26H,6,8H2,1-3H3,(H2,22,27)/t12-,14+/m1/s1. The van der Waals surface area contributed by atoms with E-state index >= 15 is 0 Å². The summed E-state index contributed by atoms with van der Waals surface area (Å²) in [6.45, 7) is 6.58. The summed E-state index contributed by atoms with van der Waals surface area (Å²) in [4.78, 5) is 20.9. The van der Waals surface area contributed by atoms with Crippen LogP contribution in [0.25, 0.3) is 21.6 Å². The number of aromatic nitrogens is 2. The highest BCUT2D eigenvalue weighted by Gasteiger charge is 2.30. The number of aromatic hydroxyl groups is 1. The number of primary amides is 1. The Morgan fingerprint density at radius 3 is 2.83 bits per heavy atom. The number of fused-ring (bicyclic) bond motifs is 1. The van der Waals surface area contributed by atoms with Gasteiger partial charge in [-0.2, -0.15) is 0 Å². The number of aryl methyl sites for hydroxylation is 1. The van der Waals surface area contributed by atoms with Crippen LogP contribution in [0.2, 0.25) is 0 Å². The summed E-state index contributed by atoms with van der Waals surface area (Å²) in [7, 11) is 0. The predicted molar refractivity (Wildman–Crippen MR) is 113 cm³/mol. The molecule has 0 radical (unpaired) electrons. The fraction of sp³-hybridized carbons (Fsp3) is 0.381. The molecule has 1 amide bonds. The van der Waals surface area contributed by atoms with Crippen LogP contribution in [0.3, 0.4) is 0 Å². The van der Waals surface area contributed by atoms with Gasteiger partial charge in [0.05, 0.1) is 17.3 Å². The fourth-order valence-corrected chi connectivity index (χ4v) is 4.39. The van der Waals surface area contributed by atoms with E-state index in [0.717, 1.165) is 16.1 Å². The van der Waals surface area contributed by atoms with E-state index < -0.39 is 0 Å². The van der Waals surface area contributed by atoms with E-state index in [9.17, 15) is 9.90 Å². The Balaban J connectivity index is 1.77. The molecule has 0 bridgehead atoms. The number of nitrogens with two attached hydrogens (primary N) is 1. The summed E-state index contributed by atoms with van der Waals surface area (Å²) in [5.74, 6) is 0.802. The van der Waals surface area contributed by atoms with Crippen molar-refractivity contribution in [3.63, 3.8) is 0 Å². The van der Waals surface area contributed by atoms with Crippen molar-refractivity contribution < 1.29 is 14.6 Å². The first-order valence-electron chi connectivity index (χ1n) is 9.62. The number of benzene rings is 1. The second-order valence-corrected chi connectivity index (χ2v) is 8.54. The smallest absolute Gasteiger partial charge is 0.234 e. The Morgan fingerprint density at radius 2 is 2.17 bits per heavy atom. The van der Waals surface area contributed by atoms with E-state index in [1.165, 1.54) is 0 Å². The lowest BCUT2D eigenvalue weighted by molar-refractivity contribution is -0.119. The third-order valence-corrected chi connectivity index (χ3v) is 6.11. The average molecular weight is 413 g/mol. The molecule has 0 unspecified atom stereocenters. The zero-order chi connectivity index (χ0) is 20.7. The van der Waals surface area contributed by atoms with Crippen molar-refractivity contribution in [2.45, 2.75) is 45.3 Å². The maximum absolute atomic E-state index is 11.4. The molecule has 3 heterocycles. The summed E-state index contributed by atoms with van der Waals surface area (Å²) in [6.07, 6.45) is 0.336. The van der Waals surface area contributed by atoms with E-state index in [2.05, 4.69) is 19.2 Å². The first-order valence-corrected chi connectivity index (χ1v) is 10.5. The van der Waals surface area contributed by atoms with Crippen molar-refractivity contribution in [2.24, 2.45) is 5.73 Å². The number of nitrogens with zero attached hydrogens (tertiary/aromatic N) is 2. The van der Waals surface area contributed by atoms with Crippen LogP contribution in [-0.4, -0.2) is 39.7 Å². The molecule has 0 aliphatic carbocycles. The van der Waals surface area contributed by atoms with Gasteiger partial charge in [-0.05, 0) is 25.0 Å². The lowest BCUT2D eigenvalue weighted by Crippen LogP contribution is -2.36. The molecule has 1 aliphatic heterocycles. The van der Waals surface area contributed by atoms with Gasteiger partial charge < -0.3 is 20.9 Å². The molecular formula is C21H24N4O3S. The van der Waals surface area contributed by atoms with Crippen LogP contribution in [0, 0.1) is 6.92 Å². The van der Waals surface area contributed by atoms with E-state index in [1.54, 1.807) is 23.5 Å². The van der Waals surface area contributed by atoms with Crippen LogP contribution in [0.5, 0.6) is 11.5 Å². The van der Waals surface area contributed by atoms with Crippen LogP contribution < -0.4 is 15.8 Å². The van der Waals surface area contributed by atoms with Gasteiger partial charge in [0.15, 0.2) is 0 Å². The summed E-state index contributed by atoms with van der Waals surface area (Å²) in [5.41, 5.74) is 8.50. The number of carbonyl (C=O) groups excluding carboxylic acids is 1. The number of hydrogen-bond donors (Lipinski definition) is 3. The Bertz CT molecular complexity index is 1080. The highest BCUT2D eigenvalue weighted by Crippen LogP contribution is 2.36. The van der Waals surface area contributed by atoms with Gasteiger partial charge >= 0.3 is 0 Å². The summed E-state index contributed by atoms with van der Waals surface area (Å²) >= 11 is 1.54. The largest absolute Gasteiger partial charge is 0.508 e. The van der Waals surface area contributed by atoms with Crippen LogP contribution in [0.1, 0.15) is 37.4 Å². The number of hydrogen-bond acceptors (Lipinski definition) is 7. The number of rotatable bonds is 5. The van der Waals surface area contributed by atoms with Gasteiger partial charge in [-0.15, -0.1) is 11.3 Å². The number of phenols is 1. The van der Waals surface area contributed by atoms with Crippen LogP contribution >= 0.6 is 11.3 Å². The minimum absolute atomic E-state index is 0.178. The number of phenolic OH excluding ortho intramolecular Hbond substituents is 1. The number of amides is 1. The monoisotopic (exact) mass is 412 g/mol. The number of ether oxygens (including phenoxy) is 1. The Kier molecular flexibility index (Phi) is 5.14. The molecule has 8 heteroatoms. The second kappa shape index (κ2) is 7.61. The fourth-order valence-electron chi connectivity index (χ4n) is 3.45. The summed E-state index contributed by atoms with van der Waals surface area (Å²) < 4.78 is 6.27. The number of nitrogens with one attached hydrogen (secondary N) is 1. The van der Waals surface area contributed by atoms with E-state index in [-0.39, 0.29) is 23.8 Å². The van der Waals surface area contributed by atoms with Gasteiger partial charge in [-0.1, -0.05) is 13.8 Å². The highest BCUT2D eigenvalue weighted by atomic mass is 32.1. The van der Waals surface area contributed by atoms with Crippen molar-refractivity contribution in [3.8, 4) is 22.2 Å². The summed E-state index contributed by atoms with van der Waals surface area (Å²) in [6, 6.07) is 4.95. The molecule has 0 spiro atoms. The molecule has 152 valence electrons. The number of carbonyl (C=O) groups is 1. The van der Waals surface area contributed by atoms with Crippen LogP contribution in [0.4, 0.5) is 0 Å². The van der Waals surface area contributed by atoms with Gasteiger partial charge in [0.1, 0.15) is 28.3 Å². The van der Waals surface area contributed by atoms with Crippen molar-refractivity contribution in [1.29, 1.82) is 0 Å². The van der Waals surface area contributed by atoms with Crippen molar-refractivity contribution in [1.82, 2.24) is 15.3 Å². The molecule has 0 saturated carbocycles. The molecule has 1 aliphatic rings. The van der Waals surface area contributed by atoms with Gasteiger partial charge in [0.25, 0.3) is 0 Å². The Morgan fingerprint density at radius 1 is 1.38 bits per heavy atom. The maximum atomic E-state index is 11.4. The van der Waals surface area contributed by atoms with Crippen molar-refractivity contribution in [2.75, 3.05) is 6.54 Å². The first kappa shape index (κ1) is 19.6. The molecular weight excluding hydrogens is 388 g/mol. The lowest BCUT2D eigenvalue weighted by atomic mass is 10.1. The SMILES string of the molecule is Cc1c(O)ccc2c(O[C@H]3CN[C@H](C(N)=O)C3)cc(-c3nc(C(C)C)cs3)nc12. The molecule has 2 atom stereocenters. The van der Waals surface area contributed by atoms with Crippen molar-refractivity contribution >= 4 is 28.1 Å². The van der Waals surface area contributed by atoms with Gasteiger partial charge in [0, 0.05) is 35.4 Å². The van der Waals surface area contributed by atoms with Gasteiger partial charge in [-0.3, -0.25) is 4.79 Å². The van der Waals surface area contributed by atoms with E-state index in [0.29, 0.717) is 41.4 Å². The molecule has 3 aromatic rings. The van der Waals surface area contributed by atoms with E-state index in [1.807, 2.05) is 18.4 Å². The topological polar surface area (TPSA) is 110 Å². The van der Waals surface area contributed by atoms with Gasteiger partial charge in [0.2, 0.25) is 5.91 Å². The molecule has 4 rings (SSSR count). The minimum atomic E-state index is -0.383. The molecule has 29 heavy (non-hydrogen) atoms. The molecule has 4 N–H and O–H groups in total. The molecule has 7 nitrogen and oxygen atoms in total. The normalized spacial score (nSPS) is 19.2. The number of thiazole rings is 1. The number of pyridine rings is 1. The van der Waals surface area contributed by atoms with Crippen LogP contribution in [-0.2, 0) is 4.79 Å². The van der Waals surface area contributed by atoms with E-state index in [4.69, 9.17) is 20.4 Å².